The molecule has 4 N–H and O–H groups in total. The molecule has 0 heterocycles. The fourth-order valence-corrected chi connectivity index (χ4v) is 1.98. The monoisotopic (exact) mass is 234 g/mol. The lowest BCUT2D eigenvalue weighted by Gasteiger charge is -2.34. The van der Waals surface area contributed by atoms with Gasteiger partial charge in [-0.1, -0.05) is 12.1 Å². The maximum atomic E-state index is 10.9. The van der Waals surface area contributed by atoms with Gasteiger partial charge in [-0.25, -0.2) is 0 Å². The van der Waals surface area contributed by atoms with Gasteiger partial charge in [-0.3, -0.25) is 4.79 Å². The van der Waals surface area contributed by atoms with E-state index in [9.17, 15) is 4.79 Å². The average Bonchev–Trinajstić information content (AvgIpc) is 2.28. The van der Waals surface area contributed by atoms with E-state index in [0.717, 1.165) is 24.9 Å². The van der Waals surface area contributed by atoms with E-state index in [0.29, 0.717) is 24.2 Å². The first kappa shape index (κ1) is 12.1. The van der Waals surface area contributed by atoms with Crippen LogP contribution in [0.2, 0.25) is 0 Å². The molecule has 0 saturated heterocycles. The highest BCUT2D eigenvalue weighted by Crippen LogP contribution is 2.29. The quantitative estimate of drug-likeness (QED) is 0.799. The third-order valence-electron chi connectivity index (χ3n) is 3.25. The standard InChI is InChI=1S/C13H18N2O2/c14-7-10-5-12(6-10)17-8-9-1-3-11(4-2-9)13(15)16/h1-4,10,12H,5-8,14H2,(H2,15,16). The molecule has 0 aromatic heterocycles. The van der Waals surface area contributed by atoms with Crippen LogP contribution < -0.4 is 11.5 Å². The van der Waals surface area contributed by atoms with Gasteiger partial charge in [0.05, 0.1) is 12.7 Å². The Balaban J connectivity index is 1.78. The smallest absolute Gasteiger partial charge is 0.248 e. The van der Waals surface area contributed by atoms with Crippen LogP contribution in [-0.4, -0.2) is 18.6 Å². The summed E-state index contributed by atoms with van der Waals surface area (Å²) in [4.78, 5) is 10.9. The van der Waals surface area contributed by atoms with E-state index in [1.54, 1.807) is 12.1 Å². The molecule has 4 nitrogen and oxygen atoms in total. The Hall–Kier alpha value is -1.39. The van der Waals surface area contributed by atoms with Gasteiger partial charge in [-0.05, 0) is 43.0 Å². The molecule has 0 bridgehead atoms. The van der Waals surface area contributed by atoms with E-state index in [2.05, 4.69) is 0 Å². The third kappa shape index (κ3) is 3.05. The van der Waals surface area contributed by atoms with Crippen LogP contribution in [-0.2, 0) is 11.3 Å². The zero-order valence-corrected chi connectivity index (χ0v) is 9.76. The molecule has 17 heavy (non-hydrogen) atoms. The van der Waals surface area contributed by atoms with Crippen molar-refractivity contribution in [3.63, 3.8) is 0 Å². The first-order valence-corrected chi connectivity index (χ1v) is 5.89. The van der Waals surface area contributed by atoms with Crippen molar-refractivity contribution in [2.75, 3.05) is 6.54 Å². The fraction of sp³-hybridized carbons (Fsp3) is 0.462. The first-order chi connectivity index (χ1) is 8.19. The predicted octanol–water partition coefficient (Wildman–Crippen LogP) is 1.04. The van der Waals surface area contributed by atoms with Crippen molar-refractivity contribution in [2.45, 2.75) is 25.6 Å². The SMILES string of the molecule is NCC1CC(OCc2ccc(C(N)=O)cc2)C1. The Morgan fingerprint density at radius 3 is 2.47 bits per heavy atom. The molecule has 0 spiro atoms. The summed E-state index contributed by atoms with van der Waals surface area (Å²) in [6.07, 6.45) is 2.48. The molecule has 1 amide bonds. The molecular weight excluding hydrogens is 216 g/mol. The van der Waals surface area contributed by atoms with E-state index in [1.165, 1.54) is 0 Å². The van der Waals surface area contributed by atoms with Crippen LogP contribution in [0.5, 0.6) is 0 Å². The van der Waals surface area contributed by atoms with Crippen LogP contribution in [0.3, 0.4) is 0 Å². The number of ether oxygens (including phenoxy) is 1. The Morgan fingerprint density at radius 2 is 1.94 bits per heavy atom. The van der Waals surface area contributed by atoms with Crippen molar-refractivity contribution in [2.24, 2.45) is 17.4 Å². The van der Waals surface area contributed by atoms with Crippen LogP contribution in [0.4, 0.5) is 0 Å². The molecule has 0 radical (unpaired) electrons. The summed E-state index contributed by atoms with van der Waals surface area (Å²) in [6, 6.07) is 7.20. The molecule has 0 atom stereocenters. The molecule has 1 aliphatic rings. The van der Waals surface area contributed by atoms with Gasteiger partial charge in [0.2, 0.25) is 5.91 Å². The molecule has 1 saturated carbocycles. The highest BCUT2D eigenvalue weighted by atomic mass is 16.5. The van der Waals surface area contributed by atoms with Gasteiger partial charge in [0.25, 0.3) is 0 Å². The lowest BCUT2D eigenvalue weighted by Crippen LogP contribution is -2.35. The summed E-state index contributed by atoms with van der Waals surface area (Å²) in [5.74, 6) is 0.236. The van der Waals surface area contributed by atoms with E-state index in [1.807, 2.05) is 12.1 Å². The fourth-order valence-electron chi connectivity index (χ4n) is 1.98. The molecule has 2 rings (SSSR count). The Morgan fingerprint density at radius 1 is 1.29 bits per heavy atom. The molecule has 92 valence electrons. The largest absolute Gasteiger partial charge is 0.374 e. The van der Waals surface area contributed by atoms with Crippen molar-refractivity contribution in [3.8, 4) is 0 Å². The van der Waals surface area contributed by atoms with Crippen molar-refractivity contribution < 1.29 is 9.53 Å². The van der Waals surface area contributed by atoms with Crippen LogP contribution in [0.25, 0.3) is 0 Å². The lowest BCUT2D eigenvalue weighted by atomic mass is 9.82. The van der Waals surface area contributed by atoms with Crippen LogP contribution in [0, 0.1) is 5.92 Å². The molecule has 0 aliphatic heterocycles. The molecule has 1 aliphatic carbocycles. The zero-order valence-electron chi connectivity index (χ0n) is 9.76. The Labute approximate surface area is 101 Å². The summed E-state index contributed by atoms with van der Waals surface area (Å²) >= 11 is 0. The number of carbonyl (C=O) groups excluding carboxylic acids is 1. The van der Waals surface area contributed by atoms with Crippen molar-refractivity contribution in [1.82, 2.24) is 0 Å². The molecule has 1 aromatic carbocycles. The zero-order chi connectivity index (χ0) is 12.3. The number of nitrogens with two attached hydrogens (primary N) is 2. The van der Waals surface area contributed by atoms with Crippen molar-refractivity contribution in [1.29, 1.82) is 0 Å². The van der Waals surface area contributed by atoms with Crippen molar-refractivity contribution in [3.05, 3.63) is 35.4 Å². The number of benzene rings is 1. The minimum atomic E-state index is -0.401. The van der Waals surface area contributed by atoms with E-state index >= 15 is 0 Å². The maximum Gasteiger partial charge on any atom is 0.248 e. The summed E-state index contributed by atoms with van der Waals surface area (Å²) in [5.41, 5.74) is 12.3. The number of hydrogen-bond donors (Lipinski definition) is 2. The summed E-state index contributed by atoms with van der Waals surface area (Å²) < 4.78 is 5.72. The Bertz CT molecular complexity index is 383. The van der Waals surface area contributed by atoms with Crippen LogP contribution >= 0.6 is 0 Å². The van der Waals surface area contributed by atoms with E-state index < -0.39 is 5.91 Å². The summed E-state index contributed by atoms with van der Waals surface area (Å²) in [7, 11) is 0. The van der Waals surface area contributed by atoms with Gasteiger partial charge in [0, 0.05) is 5.56 Å². The van der Waals surface area contributed by atoms with Gasteiger partial charge < -0.3 is 16.2 Å². The second kappa shape index (κ2) is 5.29. The van der Waals surface area contributed by atoms with Crippen LogP contribution in [0.15, 0.2) is 24.3 Å². The minimum absolute atomic E-state index is 0.347. The van der Waals surface area contributed by atoms with Crippen molar-refractivity contribution >= 4 is 5.91 Å². The van der Waals surface area contributed by atoms with E-state index in [4.69, 9.17) is 16.2 Å². The van der Waals surface area contributed by atoms with Gasteiger partial charge in [0.15, 0.2) is 0 Å². The van der Waals surface area contributed by atoms with Gasteiger partial charge in [-0.2, -0.15) is 0 Å². The number of rotatable bonds is 5. The minimum Gasteiger partial charge on any atom is -0.374 e. The van der Waals surface area contributed by atoms with Crippen LogP contribution in [0.1, 0.15) is 28.8 Å². The average molecular weight is 234 g/mol. The van der Waals surface area contributed by atoms with Gasteiger partial charge in [-0.15, -0.1) is 0 Å². The normalized spacial score (nSPS) is 23.1. The second-order valence-electron chi connectivity index (χ2n) is 4.57. The van der Waals surface area contributed by atoms with Gasteiger partial charge >= 0.3 is 0 Å². The maximum absolute atomic E-state index is 10.9. The third-order valence-corrected chi connectivity index (χ3v) is 3.25. The number of carbonyl (C=O) groups is 1. The summed E-state index contributed by atoms with van der Waals surface area (Å²) in [5, 5.41) is 0. The highest BCUT2D eigenvalue weighted by molar-refractivity contribution is 5.92. The Kier molecular flexibility index (Phi) is 3.76. The molecule has 1 aromatic rings. The highest BCUT2D eigenvalue weighted by Gasteiger charge is 2.28. The summed E-state index contributed by atoms with van der Waals surface area (Å²) in [6.45, 7) is 1.34. The van der Waals surface area contributed by atoms with E-state index in [-0.39, 0.29) is 0 Å². The lowest BCUT2D eigenvalue weighted by molar-refractivity contribution is -0.0376. The molecular formula is C13H18N2O2. The molecule has 4 heteroatoms. The number of amides is 1. The van der Waals surface area contributed by atoms with Gasteiger partial charge in [0.1, 0.15) is 0 Å². The first-order valence-electron chi connectivity index (χ1n) is 5.89. The molecule has 1 fully saturated rings. The number of hydrogen-bond acceptors (Lipinski definition) is 3. The topological polar surface area (TPSA) is 78.3 Å². The molecule has 0 unspecified atom stereocenters. The second-order valence-corrected chi connectivity index (χ2v) is 4.57. The predicted molar refractivity (Wildman–Crippen MR) is 65.3 cm³/mol. The number of primary amides is 1.